The van der Waals surface area contributed by atoms with Crippen molar-refractivity contribution in [3.05, 3.63) is 54.3 Å². The van der Waals surface area contributed by atoms with E-state index < -0.39 is 15.8 Å². The second-order valence-electron chi connectivity index (χ2n) is 4.17. The van der Waals surface area contributed by atoms with E-state index in [0.717, 1.165) is 4.31 Å². The molecule has 2 aromatic rings. The van der Waals surface area contributed by atoms with Gasteiger partial charge in [-0.25, -0.2) is 12.8 Å². The molecule has 0 amide bonds. The molecule has 106 valence electrons. The summed E-state index contributed by atoms with van der Waals surface area (Å²) in [6, 6.07) is 12.3. The molecule has 6 heteroatoms. The molecule has 0 atom stereocenters. The molecule has 0 saturated carbocycles. The smallest absolute Gasteiger partial charge is 0.266 e. The van der Waals surface area contributed by atoms with Gasteiger partial charge in [-0.05, 0) is 24.3 Å². The van der Waals surface area contributed by atoms with Crippen molar-refractivity contribution < 1.29 is 12.8 Å². The molecule has 4 nitrogen and oxygen atoms in total. The fourth-order valence-corrected chi connectivity index (χ4v) is 3.28. The highest BCUT2D eigenvalue weighted by atomic mass is 32.2. The third-order valence-electron chi connectivity index (χ3n) is 2.99. The number of benzene rings is 2. The minimum Gasteiger partial charge on any atom is -0.387 e. The number of anilines is 2. The molecule has 0 spiro atoms. The van der Waals surface area contributed by atoms with Gasteiger partial charge in [0, 0.05) is 14.1 Å². The molecule has 0 aromatic heterocycles. The van der Waals surface area contributed by atoms with Crippen LogP contribution in [0.2, 0.25) is 0 Å². The molecule has 0 saturated heterocycles. The van der Waals surface area contributed by atoms with Crippen LogP contribution in [0.3, 0.4) is 0 Å². The van der Waals surface area contributed by atoms with Gasteiger partial charge in [0.15, 0.2) is 0 Å². The van der Waals surface area contributed by atoms with Crippen molar-refractivity contribution in [2.45, 2.75) is 4.90 Å². The van der Waals surface area contributed by atoms with E-state index in [1.54, 1.807) is 31.3 Å². The van der Waals surface area contributed by atoms with Crippen molar-refractivity contribution >= 4 is 21.4 Å². The van der Waals surface area contributed by atoms with Crippen LogP contribution in [0, 0.1) is 5.82 Å². The summed E-state index contributed by atoms with van der Waals surface area (Å²) in [5.74, 6) is -0.583. The van der Waals surface area contributed by atoms with E-state index in [9.17, 15) is 12.8 Å². The first-order valence-corrected chi connectivity index (χ1v) is 7.42. The molecule has 0 aliphatic carbocycles. The van der Waals surface area contributed by atoms with Crippen LogP contribution in [-0.4, -0.2) is 22.5 Å². The largest absolute Gasteiger partial charge is 0.387 e. The Morgan fingerprint density at radius 3 is 2.30 bits per heavy atom. The maximum atomic E-state index is 13.7. The molecular weight excluding hydrogens is 279 g/mol. The topological polar surface area (TPSA) is 49.4 Å². The predicted molar refractivity (Wildman–Crippen MR) is 78.0 cm³/mol. The first-order chi connectivity index (χ1) is 9.48. The number of nitrogens with one attached hydrogen (secondary N) is 1. The third-order valence-corrected chi connectivity index (χ3v) is 4.82. The van der Waals surface area contributed by atoms with E-state index in [4.69, 9.17) is 0 Å². The van der Waals surface area contributed by atoms with Crippen LogP contribution in [0.15, 0.2) is 53.4 Å². The van der Waals surface area contributed by atoms with Crippen molar-refractivity contribution in [2.75, 3.05) is 23.7 Å². The minimum absolute atomic E-state index is 0.0124. The first-order valence-electron chi connectivity index (χ1n) is 5.98. The van der Waals surface area contributed by atoms with Crippen LogP contribution < -0.4 is 9.62 Å². The van der Waals surface area contributed by atoms with E-state index >= 15 is 0 Å². The van der Waals surface area contributed by atoms with Crippen LogP contribution in [-0.2, 0) is 10.0 Å². The first kappa shape index (κ1) is 14.3. The SMILES string of the molecule is CNc1ccccc1S(=O)(=O)N(C)c1ccccc1F. The van der Waals surface area contributed by atoms with Crippen LogP contribution in [0.25, 0.3) is 0 Å². The Morgan fingerprint density at radius 2 is 1.65 bits per heavy atom. The lowest BCUT2D eigenvalue weighted by Gasteiger charge is -2.21. The molecule has 20 heavy (non-hydrogen) atoms. The summed E-state index contributed by atoms with van der Waals surface area (Å²) in [6.07, 6.45) is 0. The molecule has 1 N–H and O–H groups in total. The monoisotopic (exact) mass is 294 g/mol. The lowest BCUT2D eigenvalue weighted by atomic mass is 10.3. The third kappa shape index (κ3) is 2.46. The zero-order valence-corrected chi connectivity index (χ0v) is 12.0. The van der Waals surface area contributed by atoms with Crippen LogP contribution in [0.4, 0.5) is 15.8 Å². The highest BCUT2D eigenvalue weighted by molar-refractivity contribution is 7.93. The average Bonchev–Trinajstić information content (AvgIpc) is 2.47. The Morgan fingerprint density at radius 1 is 1.05 bits per heavy atom. The Balaban J connectivity index is 2.53. The molecule has 0 heterocycles. The zero-order chi connectivity index (χ0) is 14.8. The Kier molecular flexibility index (Phi) is 3.94. The van der Waals surface area contributed by atoms with E-state index in [0.29, 0.717) is 5.69 Å². The molecule has 2 rings (SSSR count). The van der Waals surface area contributed by atoms with Crippen molar-refractivity contribution in [3.8, 4) is 0 Å². The number of nitrogens with zero attached hydrogens (tertiary/aromatic N) is 1. The lowest BCUT2D eigenvalue weighted by Crippen LogP contribution is -2.28. The normalized spacial score (nSPS) is 11.2. The van der Waals surface area contributed by atoms with Crippen LogP contribution in [0.1, 0.15) is 0 Å². The van der Waals surface area contributed by atoms with Crippen LogP contribution in [0.5, 0.6) is 0 Å². The number of para-hydroxylation sites is 2. The molecular formula is C14H15FN2O2S. The van der Waals surface area contributed by atoms with Gasteiger partial charge in [0.05, 0.1) is 11.4 Å². The summed E-state index contributed by atoms with van der Waals surface area (Å²) in [7, 11) is -0.857. The van der Waals surface area contributed by atoms with Crippen molar-refractivity contribution in [1.29, 1.82) is 0 Å². The molecule has 0 radical (unpaired) electrons. The maximum Gasteiger partial charge on any atom is 0.266 e. The Hall–Kier alpha value is -2.08. The highest BCUT2D eigenvalue weighted by Crippen LogP contribution is 2.28. The summed E-state index contributed by atoms with van der Waals surface area (Å²) in [5.41, 5.74) is 0.481. The van der Waals surface area contributed by atoms with Crippen LogP contribution >= 0.6 is 0 Å². The lowest BCUT2D eigenvalue weighted by molar-refractivity contribution is 0.590. The van der Waals surface area contributed by atoms with Crippen molar-refractivity contribution in [2.24, 2.45) is 0 Å². The minimum atomic E-state index is -3.83. The second kappa shape index (κ2) is 5.50. The zero-order valence-electron chi connectivity index (χ0n) is 11.2. The number of hydrogen-bond donors (Lipinski definition) is 1. The van der Waals surface area contributed by atoms with E-state index in [2.05, 4.69) is 5.32 Å². The molecule has 0 unspecified atom stereocenters. The molecule has 2 aromatic carbocycles. The average molecular weight is 294 g/mol. The number of rotatable bonds is 4. The summed E-state index contributed by atoms with van der Waals surface area (Å²) >= 11 is 0. The van der Waals surface area contributed by atoms with Gasteiger partial charge < -0.3 is 5.32 Å². The summed E-state index contributed by atoms with van der Waals surface area (Å²) in [6.45, 7) is 0. The molecule has 0 aliphatic rings. The fraction of sp³-hybridized carbons (Fsp3) is 0.143. The molecule has 0 aliphatic heterocycles. The van der Waals surface area contributed by atoms with Gasteiger partial charge in [-0.15, -0.1) is 0 Å². The Bertz CT molecular complexity index is 717. The number of halogens is 1. The van der Waals surface area contributed by atoms with Crippen molar-refractivity contribution in [1.82, 2.24) is 0 Å². The predicted octanol–water partition coefficient (Wildman–Crippen LogP) is 2.69. The van der Waals surface area contributed by atoms with Gasteiger partial charge >= 0.3 is 0 Å². The second-order valence-corrected chi connectivity index (χ2v) is 6.11. The Labute approximate surface area is 117 Å². The van der Waals surface area contributed by atoms with E-state index in [1.807, 2.05) is 0 Å². The fourth-order valence-electron chi connectivity index (χ4n) is 1.88. The number of sulfonamides is 1. The summed E-state index contributed by atoms with van der Waals surface area (Å²) in [5, 5.41) is 2.82. The van der Waals surface area contributed by atoms with Gasteiger partial charge in [0.1, 0.15) is 10.7 Å². The highest BCUT2D eigenvalue weighted by Gasteiger charge is 2.25. The summed E-state index contributed by atoms with van der Waals surface area (Å²) < 4.78 is 39.9. The standard InChI is InChI=1S/C14H15FN2O2S/c1-16-12-8-4-6-10-14(12)20(18,19)17(2)13-9-5-3-7-11(13)15/h3-10,16H,1-2H3. The van der Waals surface area contributed by atoms with Gasteiger partial charge in [-0.3, -0.25) is 4.31 Å². The van der Waals surface area contributed by atoms with Gasteiger partial charge in [-0.1, -0.05) is 24.3 Å². The molecule has 0 fully saturated rings. The van der Waals surface area contributed by atoms with Crippen molar-refractivity contribution in [3.63, 3.8) is 0 Å². The van der Waals surface area contributed by atoms with Gasteiger partial charge in [0.25, 0.3) is 10.0 Å². The van der Waals surface area contributed by atoms with E-state index in [-0.39, 0.29) is 10.6 Å². The molecule has 0 bridgehead atoms. The summed E-state index contributed by atoms with van der Waals surface area (Å²) in [4.78, 5) is 0.105. The maximum absolute atomic E-state index is 13.7. The number of hydrogen-bond acceptors (Lipinski definition) is 3. The van der Waals surface area contributed by atoms with Gasteiger partial charge in [0.2, 0.25) is 0 Å². The van der Waals surface area contributed by atoms with Gasteiger partial charge in [-0.2, -0.15) is 0 Å². The quantitative estimate of drug-likeness (QED) is 0.943. The van der Waals surface area contributed by atoms with E-state index in [1.165, 1.54) is 31.3 Å².